The van der Waals surface area contributed by atoms with Crippen LogP contribution in [0, 0.1) is 0 Å². The lowest BCUT2D eigenvalue weighted by molar-refractivity contribution is 0.336. The van der Waals surface area contributed by atoms with E-state index in [4.69, 9.17) is 5.73 Å². The third kappa shape index (κ3) is 2.65. The van der Waals surface area contributed by atoms with Gasteiger partial charge in [0.1, 0.15) is 0 Å². The highest BCUT2D eigenvalue weighted by Gasteiger charge is 2.04. The van der Waals surface area contributed by atoms with E-state index in [2.05, 4.69) is 46.6 Å². The van der Waals surface area contributed by atoms with E-state index in [0.717, 1.165) is 25.2 Å². The van der Waals surface area contributed by atoms with Gasteiger partial charge in [-0.25, -0.2) is 4.98 Å². The average Bonchev–Trinajstić information content (AvgIpc) is 2.71. The maximum atomic E-state index is 5.54. The van der Waals surface area contributed by atoms with Crippen molar-refractivity contribution in [3.05, 3.63) is 30.1 Å². The van der Waals surface area contributed by atoms with Crippen LogP contribution in [0.25, 0.3) is 11.0 Å². The van der Waals surface area contributed by atoms with E-state index in [0.29, 0.717) is 6.54 Å². The summed E-state index contributed by atoms with van der Waals surface area (Å²) in [7, 11) is 2.09. The van der Waals surface area contributed by atoms with Crippen LogP contribution in [0.15, 0.2) is 24.5 Å². The number of aromatic nitrogens is 2. The first-order chi connectivity index (χ1) is 8.24. The van der Waals surface area contributed by atoms with E-state index in [9.17, 15) is 0 Å². The zero-order chi connectivity index (χ0) is 12.3. The van der Waals surface area contributed by atoms with Gasteiger partial charge in [0.25, 0.3) is 0 Å². The number of fused-ring (bicyclic) bond motifs is 1. The number of imidazole rings is 1. The molecule has 0 saturated heterocycles. The standard InChI is InChI=1S/C13H20N4/c1-3-17-10-15-12-8-11(4-5-13(12)17)9-16(2)7-6-14/h4-5,8,10H,3,6-7,9,14H2,1-2H3. The zero-order valence-corrected chi connectivity index (χ0v) is 10.6. The average molecular weight is 232 g/mol. The number of rotatable bonds is 5. The van der Waals surface area contributed by atoms with Crippen LogP contribution in [0.2, 0.25) is 0 Å². The molecule has 1 aromatic heterocycles. The Labute approximate surface area is 102 Å². The molecule has 2 rings (SSSR count). The Morgan fingerprint density at radius 1 is 1.41 bits per heavy atom. The molecular formula is C13H20N4. The molecule has 0 fully saturated rings. The summed E-state index contributed by atoms with van der Waals surface area (Å²) < 4.78 is 2.16. The van der Waals surface area contributed by atoms with Crippen molar-refractivity contribution in [1.82, 2.24) is 14.5 Å². The number of benzene rings is 1. The predicted octanol–water partition coefficient (Wildman–Crippen LogP) is 1.45. The third-order valence-corrected chi connectivity index (χ3v) is 2.99. The van der Waals surface area contributed by atoms with Crippen molar-refractivity contribution in [3.8, 4) is 0 Å². The maximum Gasteiger partial charge on any atom is 0.0958 e. The van der Waals surface area contributed by atoms with Gasteiger partial charge < -0.3 is 15.2 Å². The number of nitrogens with two attached hydrogens (primary N) is 1. The third-order valence-electron chi connectivity index (χ3n) is 2.99. The SMILES string of the molecule is CCn1cnc2cc(CN(C)CCN)ccc21. The summed E-state index contributed by atoms with van der Waals surface area (Å²) in [5.74, 6) is 0. The van der Waals surface area contributed by atoms with Crippen LogP contribution in [-0.4, -0.2) is 34.6 Å². The maximum absolute atomic E-state index is 5.54. The van der Waals surface area contributed by atoms with Gasteiger partial charge in [-0.05, 0) is 31.7 Å². The topological polar surface area (TPSA) is 47.1 Å². The molecule has 2 N–H and O–H groups in total. The van der Waals surface area contributed by atoms with Crippen LogP contribution in [0.5, 0.6) is 0 Å². The van der Waals surface area contributed by atoms with Crippen molar-refractivity contribution in [2.45, 2.75) is 20.0 Å². The van der Waals surface area contributed by atoms with Crippen LogP contribution < -0.4 is 5.73 Å². The summed E-state index contributed by atoms with van der Waals surface area (Å²) in [4.78, 5) is 6.64. The number of aryl methyl sites for hydroxylation is 1. The minimum absolute atomic E-state index is 0.698. The van der Waals surface area contributed by atoms with Gasteiger partial charge in [0.15, 0.2) is 0 Å². The lowest BCUT2D eigenvalue weighted by Gasteiger charge is -2.15. The minimum Gasteiger partial charge on any atom is -0.331 e. The van der Waals surface area contributed by atoms with Gasteiger partial charge in [0.05, 0.1) is 17.4 Å². The molecule has 0 unspecified atom stereocenters. The van der Waals surface area contributed by atoms with Gasteiger partial charge in [-0.2, -0.15) is 0 Å². The van der Waals surface area contributed by atoms with E-state index in [1.54, 1.807) is 0 Å². The second-order valence-corrected chi connectivity index (χ2v) is 4.38. The van der Waals surface area contributed by atoms with Crippen LogP contribution in [-0.2, 0) is 13.1 Å². The zero-order valence-electron chi connectivity index (χ0n) is 10.6. The number of hydrogen-bond donors (Lipinski definition) is 1. The number of likely N-dealkylation sites (N-methyl/N-ethyl adjacent to an activating group) is 1. The van der Waals surface area contributed by atoms with Crippen LogP contribution >= 0.6 is 0 Å². The molecule has 0 radical (unpaired) electrons. The van der Waals surface area contributed by atoms with E-state index >= 15 is 0 Å². The molecule has 0 spiro atoms. The molecule has 0 atom stereocenters. The molecular weight excluding hydrogens is 212 g/mol. The second kappa shape index (κ2) is 5.29. The second-order valence-electron chi connectivity index (χ2n) is 4.38. The van der Waals surface area contributed by atoms with E-state index in [1.807, 2.05) is 6.33 Å². The van der Waals surface area contributed by atoms with Crippen LogP contribution in [0.1, 0.15) is 12.5 Å². The van der Waals surface area contributed by atoms with Crippen molar-refractivity contribution in [1.29, 1.82) is 0 Å². The molecule has 0 aliphatic heterocycles. The lowest BCUT2D eigenvalue weighted by atomic mass is 10.2. The fraction of sp³-hybridized carbons (Fsp3) is 0.462. The molecule has 4 nitrogen and oxygen atoms in total. The summed E-state index contributed by atoms with van der Waals surface area (Å²) in [6.45, 7) is 5.63. The van der Waals surface area contributed by atoms with Crippen LogP contribution in [0.4, 0.5) is 0 Å². The summed E-state index contributed by atoms with van der Waals surface area (Å²) in [6, 6.07) is 6.48. The van der Waals surface area contributed by atoms with Gasteiger partial charge in [0.2, 0.25) is 0 Å². The smallest absolute Gasteiger partial charge is 0.0958 e. The summed E-state index contributed by atoms with van der Waals surface area (Å²) in [5.41, 5.74) is 9.11. The van der Waals surface area contributed by atoms with E-state index in [1.165, 1.54) is 11.1 Å². The summed E-state index contributed by atoms with van der Waals surface area (Å²) in [5, 5.41) is 0. The number of nitrogens with zero attached hydrogens (tertiary/aromatic N) is 3. The molecule has 0 aliphatic rings. The Balaban J connectivity index is 2.20. The largest absolute Gasteiger partial charge is 0.331 e. The normalized spacial score (nSPS) is 11.5. The Morgan fingerprint density at radius 2 is 2.24 bits per heavy atom. The number of hydrogen-bond acceptors (Lipinski definition) is 3. The van der Waals surface area contributed by atoms with Gasteiger partial charge in [-0.3, -0.25) is 0 Å². The first-order valence-corrected chi connectivity index (χ1v) is 6.07. The van der Waals surface area contributed by atoms with Gasteiger partial charge in [0, 0.05) is 26.2 Å². The fourth-order valence-corrected chi connectivity index (χ4v) is 2.07. The summed E-state index contributed by atoms with van der Waals surface area (Å²) >= 11 is 0. The van der Waals surface area contributed by atoms with Gasteiger partial charge in [-0.15, -0.1) is 0 Å². The molecule has 17 heavy (non-hydrogen) atoms. The molecule has 0 amide bonds. The molecule has 2 aromatic rings. The molecule has 92 valence electrons. The van der Waals surface area contributed by atoms with Gasteiger partial charge in [-0.1, -0.05) is 6.07 Å². The van der Waals surface area contributed by atoms with Crippen LogP contribution in [0.3, 0.4) is 0 Å². The van der Waals surface area contributed by atoms with E-state index < -0.39 is 0 Å². The highest BCUT2D eigenvalue weighted by Crippen LogP contribution is 2.15. The predicted molar refractivity (Wildman–Crippen MR) is 70.8 cm³/mol. The minimum atomic E-state index is 0.698. The molecule has 1 aromatic carbocycles. The Kier molecular flexibility index (Phi) is 3.76. The Morgan fingerprint density at radius 3 is 2.94 bits per heavy atom. The first kappa shape index (κ1) is 12.1. The molecule has 0 saturated carbocycles. The molecule has 0 bridgehead atoms. The first-order valence-electron chi connectivity index (χ1n) is 6.07. The van der Waals surface area contributed by atoms with Crippen molar-refractivity contribution < 1.29 is 0 Å². The lowest BCUT2D eigenvalue weighted by Crippen LogP contribution is -2.24. The van der Waals surface area contributed by atoms with E-state index in [-0.39, 0.29) is 0 Å². The molecule has 1 heterocycles. The van der Waals surface area contributed by atoms with Crippen molar-refractivity contribution in [3.63, 3.8) is 0 Å². The monoisotopic (exact) mass is 232 g/mol. The Bertz CT molecular complexity index is 489. The molecule has 4 heteroatoms. The van der Waals surface area contributed by atoms with Crippen molar-refractivity contribution in [2.24, 2.45) is 5.73 Å². The highest BCUT2D eigenvalue weighted by molar-refractivity contribution is 5.76. The summed E-state index contributed by atoms with van der Waals surface area (Å²) in [6.07, 6.45) is 1.90. The van der Waals surface area contributed by atoms with Crippen molar-refractivity contribution in [2.75, 3.05) is 20.1 Å². The fourth-order valence-electron chi connectivity index (χ4n) is 2.07. The Hall–Kier alpha value is -1.39. The molecule has 0 aliphatic carbocycles. The highest BCUT2D eigenvalue weighted by atomic mass is 15.1. The quantitative estimate of drug-likeness (QED) is 0.848. The van der Waals surface area contributed by atoms with Gasteiger partial charge >= 0.3 is 0 Å². The van der Waals surface area contributed by atoms with Crippen molar-refractivity contribution >= 4 is 11.0 Å².